The fourth-order valence-electron chi connectivity index (χ4n) is 7.37. The summed E-state index contributed by atoms with van der Waals surface area (Å²) >= 11 is 4.64. The third-order valence-corrected chi connectivity index (χ3v) is 13.1. The molecular formula is C33H45N7O6S3. The van der Waals surface area contributed by atoms with E-state index in [1.165, 1.54) is 0 Å². The van der Waals surface area contributed by atoms with Gasteiger partial charge in [-0.2, -0.15) is 0 Å². The number of carboxylic acids is 3. The Balaban J connectivity index is 1.16. The molecule has 0 aliphatic carbocycles. The molecule has 3 aromatic heterocycles. The summed E-state index contributed by atoms with van der Waals surface area (Å²) in [6, 6.07) is 0. The van der Waals surface area contributed by atoms with E-state index in [1.807, 2.05) is 18.6 Å². The molecule has 3 aliphatic rings. The predicted octanol–water partition coefficient (Wildman–Crippen LogP) is 2.82. The van der Waals surface area contributed by atoms with Gasteiger partial charge in [-0.05, 0) is 76.3 Å². The van der Waals surface area contributed by atoms with E-state index in [0.717, 1.165) is 68.6 Å². The Morgan fingerprint density at radius 3 is 1.16 bits per heavy atom. The molecule has 0 radical (unpaired) electrons. The number of carboxylic acid groups (broad SMARTS) is 3. The van der Waals surface area contributed by atoms with E-state index in [9.17, 15) is 29.7 Å². The second kappa shape index (κ2) is 16.9. The molecule has 3 saturated heterocycles. The second-order valence-electron chi connectivity index (χ2n) is 13.5. The lowest BCUT2D eigenvalue weighted by atomic mass is 9.89. The third kappa shape index (κ3) is 9.68. The van der Waals surface area contributed by atoms with E-state index in [-0.39, 0.29) is 17.8 Å². The van der Waals surface area contributed by atoms with Gasteiger partial charge in [-0.1, -0.05) is 0 Å². The van der Waals surface area contributed by atoms with Gasteiger partial charge in [-0.25, -0.2) is 15.0 Å². The maximum atomic E-state index is 12.1. The average Bonchev–Trinajstić information content (AvgIpc) is 3.91. The molecule has 16 heteroatoms. The van der Waals surface area contributed by atoms with Crippen molar-refractivity contribution < 1.29 is 29.7 Å². The SMILES string of the molecule is O=C(O)[C@@H](Cc1ncc(CN(Cc2cnc(C[C@H](C(=O)O)[C@H]3CCNC3)s2)Cc2cnc(C[C@H](C(=O)O)[C@H]3CCNC3)s2)s1)[C@H]1CCNC1. The van der Waals surface area contributed by atoms with Crippen LogP contribution in [0, 0.1) is 35.5 Å². The summed E-state index contributed by atoms with van der Waals surface area (Å²) in [4.78, 5) is 55.5. The molecule has 0 amide bonds. The van der Waals surface area contributed by atoms with Gasteiger partial charge in [0, 0.05) is 72.1 Å². The highest BCUT2D eigenvalue weighted by molar-refractivity contribution is 7.12. The van der Waals surface area contributed by atoms with Crippen LogP contribution in [-0.4, -0.2) is 92.3 Å². The van der Waals surface area contributed by atoms with Crippen LogP contribution >= 0.6 is 34.0 Å². The first kappa shape index (κ1) is 35.9. The second-order valence-corrected chi connectivity index (χ2v) is 17.1. The Hall–Kier alpha value is -2.86. The number of carbonyl (C=O) groups is 3. The van der Waals surface area contributed by atoms with Crippen LogP contribution in [0.15, 0.2) is 18.6 Å². The van der Waals surface area contributed by atoms with Gasteiger partial charge in [0.1, 0.15) is 0 Å². The van der Waals surface area contributed by atoms with Gasteiger partial charge in [0.05, 0.1) is 32.8 Å². The van der Waals surface area contributed by atoms with Gasteiger partial charge in [0.2, 0.25) is 0 Å². The van der Waals surface area contributed by atoms with Gasteiger partial charge in [0.25, 0.3) is 0 Å². The first-order valence-corrected chi connectivity index (χ1v) is 19.5. The fraction of sp³-hybridized carbons (Fsp3) is 0.636. The van der Waals surface area contributed by atoms with E-state index < -0.39 is 35.7 Å². The smallest absolute Gasteiger partial charge is 0.307 e. The summed E-state index contributed by atoms with van der Waals surface area (Å²) in [6.07, 6.45) is 9.31. The zero-order valence-corrected chi connectivity index (χ0v) is 29.8. The van der Waals surface area contributed by atoms with Crippen molar-refractivity contribution in [3.63, 3.8) is 0 Å². The molecule has 266 valence electrons. The predicted molar refractivity (Wildman–Crippen MR) is 187 cm³/mol. The van der Waals surface area contributed by atoms with Crippen molar-refractivity contribution in [2.75, 3.05) is 39.3 Å². The fourth-order valence-corrected chi connectivity index (χ4v) is 10.4. The van der Waals surface area contributed by atoms with Crippen LogP contribution < -0.4 is 16.0 Å². The van der Waals surface area contributed by atoms with Crippen molar-refractivity contribution in [2.45, 2.75) is 58.2 Å². The molecule has 6 rings (SSSR count). The Kier molecular flexibility index (Phi) is 12.4. The molecule has 0 spiro atoms. The summed E-state index contributed by atoms with van der Waals surface area (Å²) in [6.45, 7) is 6.41. The molecule has 3 aromatic rings. The maximum absolute atomic E-state index is 12.1. The number of aliphatic carboxylic acids is 3. The van der Waals surface area contributed by atoms with Gasteiger partial charge in [0.15, 0.2) is 0 Å². The van der Waals surface area contributed by atoms with Gasteiger partial charge in [-0.15, -0.1) is 34.0 Å². The molecule has 0 saturated carbocycles. The van der Waals surface area contributed by atoms with E-state index in [0.29, 0.717) is 58.5 Å². The zero-order valence-electron chi connectivity index (χ0n) is 27.4. The summed E-state index contributed by atoms with van der Waals surface area (Å²) in [5, 5.41) is 42.1. The monoisotopic (exact) mass is 731 g/mol. The van der Waals surface area contributed by atoms with Gasteiger partial charge in [-0.3, -0.25) is 19.3 Å². The summed E-state index contributed by atoms with van der Waals surface area (Å²) < 4.78 is 0. The van der Waals surface area contributed by atoms with Crippen LogP contribution in [0.2, 0.25) is 0 Å². The van der Waals surface area contributed by atoms with E-state index >= 15 is 0 Å². The number of hydrogen-bond acceptors (Lipinski definition) is 13. The molecule has 3 fully saturated rings. The number of thiazole rings is 3. The molecular weight excluding hydrogens is 687 g/mol. The summed E-state index contributed by atoms with van der Waals surface area (Å²) in [5.41, 5.74) is 0. The topological polar surface area (TPSA) is 190 Å². The Labute approximate surface area is 297 Å². The molecule has 6 atom stereocenters. The average molecular weight is 732 g/mol. The molecule has 6 heterocycles. The largest absolute Gasteiger partial charge is 0.481 e. The van der Waals surface area contributed by atoms with Crippen LogP contribution in [0.3, 0.4) is 0 Å². The third-order valence-electron chi connectivity index (χ3n) is 10.1. The van der Waals surface area contributed by atoms with Crippen molar-refractivity contribution in [3.8, 4) is 0 Å². The van der Waals surface area contributed by atoms with Crippen LogP contribution in [-0.2, 0) is 53.3 Å². The molecule has 3 aliphatic heterocycles. The van der Waals surface area contributed by atoms with Gasteiger partial charge < -0.3 is 31.3 Å². The first-order valence-electron chi connectivity index (χ1n) is 17.1. The highest BCUT2D eigenvalue weighted by Crippen LogP contribution is 2.31. The molecule has 0 aromatic carbocycles. The minimum Gasteiger partial charge on any atom is -0.481 e. The number of nitrogens with zero attached hydrogens (tertiary/aromatic N) is 4. The van der Waals surface area contributed by atoms with Crippen molar-refractivity contribution in [1.82, 2.24) is 35.8 Å². The van der Waals surface area contributed by atoms with Crippen LogP contribution in [0.5, 0.6) is 0 Å². The standard InChI is InChI=1S/C33H45N7O6S3/c41-31(42)25(19-1-4-34-10-19)7-28-37-13-22(47-28)16-40(17-23-14-38-29(48-23)8-26(32(43)44)20-2-5-35-11-20)18-24-15-39-30(49-24)9-27(33(45)46)21-3-6-36-12-21/h13-15,19-21,25-27,34-36H,1-12,16-18H2,(H,41,42)(H,43,44)(H,45,46)/t19-,20-,21-,25-,26-,27-/m0/s1. The lowest BCUT2D eigenvalue weighted by molar-refractivity contribution is -0.144. The Bertz CT molecular complexity index is 1380. The summed E-state index contributed by atoms with van der Waals surface area (Å²) in [7, 11) is 0. The number of rotatable bonds is 18. The summed E-state index contributed by atoms with van der Waals surface area (Å²) in [5.74, 6) is -3.47. The van der Waals surface area contributed by atoms with Crippen LogP contribution in [0.1, 0.15) is 48.9 Å². The van der Waals surface area contributed by atoms with Crippen molar-refractivity contribution in [3.05, 3.63) is 48.2 Å². The molecule has 6 N–H and O–H groups in total. The minimum atomic E-state index is -0.780. The Morgan fingerprint density at radius 1 is 0.612 bits per heavy atom. The van der Waals surface area contributed by atoms with Crippen molar-refractivity contribution >= 4 is 51.9 Å². The van der Waals surface area contributed by atoms with Crippen molar-refractivity contribution in [1.29, 1.82) is 0 Å². The van der Waals surface area contributed by atoms with E-state index in [4.69, 9.17) is 0 Å². The normalized spacial score (nSPS) is 22.8. The first-order chi connectivity index (χ1) is 23.7. The van der Waals surface area contributed by atoms with E-state index in [1.54, 1.807) is 34.0 Å². The molecule has 0 bridgehead atoms. The molecule has 13 nitrogen and oxygen atoms in total. The maximum Gasteiger partial charge on any atom is 0.307 e. The highest BCUT2D eigenvalue weighted by atomic mass is 32.1. The number of hydrogen-bond donors (Lipinski definition) is 6. The lowest BCUT2D eigenvalue weighted by Crippen LogP contribution is -2.27. The lowest BCUT2D eigenvalue weighted by Gasteiger charge is -2.20. The highest BCUT2D eigenvalue weighted by Gasteiger charge is 2.34. The minimum absolute atomic E-state index is 0.0960. The van der Waals surface area contributed by atoms with Crippen molar-refractivity contribution in [2.24, 2.45) is 35.5 Å². The Morgan fingerprint density at radius 2 is 0.918 bits per heavy atom. The molecule has 0 unspecified atom stereocenters. The zero-order chi connectivity index (χ0) is 34.3. The van der Waals surface area contributed by atoms with Gasteiger partial charge >= 0.3 is 17.9 Å². The number of aromatic nitrogens is 3. The van der Waals surface area contributed by atoms with E-state index in [2.05, 4.69) is 35.8 Å². The number of nitrogens with one attached hydrogen (secondary N) is 3. The quantitative estimate of drug-likeness (QED) is 0.112. The van der Waals surface area contributed by atoms with Crippen LogP contribution in [0.4, 0.5) is 0 Å². The van der Waals surface area contributed by atoms with Crippen LogP contribution in [0.25, 0.3) is 0 Å². The molecule has 49 heavy (non-hydrogen) atoms.